The third-order valence-electron chi connectivity index (χ3n) is 4.91. The molecule has 0 aliphatic heterocycles. The SMILES string of the molecule is CCOC(=O)C(N)C(=O)NC1CCC(C(C)(C)CC)CC1. The van der Waals surface area contributed by atoms with Gasteiger partial charge >= 0.3 is 5.97 Å². The van der Waals surface area contributed by atoms with E-state index >= 15 is 0 Å². The van der Waals surface area contributed by atoms with E-state index in [1.54, 1.807) is 6.92 Å². The van der Waals surface area contributed by atoms with E-state index in [-0.39, 0.29) is 12.6 Å². The Labute approximate surface area is 128 Å². The first-order valence-corrected chi connectivity index (χ1v) is 8.04. The molecule has 0 aromatic rings. The van der Waals surface area contributed by atoms with Crippen LogP contribution in [0.2, 0.25) is 0 Å². The van der Waals surface area contributed by atoms with Gasteiger partial charge < -0.3 is 15.8 Å². The summed E-state index contributed by atoms with van der Waals surface area (Å²) in [5, 5.41) is 2.88. The zero-order valence-electron chi connectivity index (χ0n) is 13.8. The lowest BCUT2D eigenvalue weighted by molar-refractivity contribution is -0.148. The number of hydrogen-bond donors (Lipinski definition) is 2. The zero-order valence-corrected chi connectivity index (χ0v) is 13.8. The van der Waals surface area contributed by atoms with E-state index in [9.17, 15) is 9.59 Å². The van der Waals surface area contributed by atoms with Gasteiger partial charge in [-0.25, -0.2) is 4.79 Å². The molecule has 21 heavy (non-hydrogen) atoms. The van der Waals surface area contributed by atoms with Crippen LogP contribution in [-0.2, 0) is 14.3 Å². The molecular weight excluding hydrogens is 268 g/mol. The van der Waals surface area contributed by atoms with Gasteiger partial charge in [0.1, 0.15) is 0 Å². The molecule has 5 nitrogen and oxygen atoms in total. The summed E-state index contributed by atoms with van der Waals surface area (Å²) < 4.78 is 4.77. The summed E-state index contributed by atoms with van der Waals surface area (Å²) in [7, 11) is 0. The van der Waals surface area contributed by atoms with Gasteiger partial charge in [0.2, 0.25) is 5.91 Å². The predicted octanol–water partition coefficient (Wildman–Crippen LogP) is 1.99. The predicted molar refractivity (Wildman–Crippen MR) is 82.6 cm³/mol. The summed E-state index contributed by atoms with van der Waals surface area (Å²) in [5.41, 5.74) is 5.95. The van der Waals surface area contributed by atoms with Crippen LogP contribution in [0.3, 0.4) is 0 Å². The number of ether oxygens (including phenoxy) is 1. The monoisotopic (exact) mass is 298 g/mol. The molecule has 1 aliphatic rings. The van der Waals surface area contributed by atoms with E-state index in [0.29, 0.717) is 11.3 Å². The van der Waals surface area contributed by atoms with Gasteiger partial charge in [-0.1, -0.05) is 27.2 Å². The number of nitrogens with two attached hydrogens (primary N) is 1. The zero-order chi connectivity index (χ0) is 16.0. The summed E-state index contributed by atoms with van der Waals surface area (Å²) in [6.45, 7) is 8.78. The molecule has 1 saturated carbocycles. The summed E-state index contributed by atoms with van der Waals surface area (Å²) in [6.07, 6.45) is 5.30. The van der Waals surface area contributed by atoms with Crippen LogP contribution in [0.1, 0.15) is 59.8 Å². The van der Waals surface area contributed by atoms with Crippen LogP contribution in [0.5, 0.6) is 0 Å². The largest absolute Gasteiger partial charge is 0.464 e. The number of esters is 1. The molecular formula is C16H30N2O3. The van der Waals surface area contributed by atoms with Crippen LogP contribution in [0.4, 0.5) is 0 Å². The fourth-order valence-corrected chi connectivity index (χ4v) is 2.94. The fraction of sp³-hybridized carbons (Fsp3) is 0.875. The molecule has 1 aliphatic carbocycles. The number of carbonyl (C=O) groups is 2. The summed E-state index contributed by atoms with van der Waals surface area (Å²) in [6, 6.07) is -1.09. The minimum atomic E-state index is -1.21. The van der Waals surface area contributed by atoms with Crippen LogP contribution >= 0.6 is 0 Å². The molecule has 0 spiro atoms. The average molecular weight is 298 g/mol. The Bertz CT molecular complexity index is 361. The van der Waals surface area contributed by atoms with E-state index in [2.05, 4.69) is 26.1 Å². The highest BCUT2D eigenvalue weighted by atomic mass is 16.5. The number of rotatable bonds is 6. The fourth-order valence-electron chi connectivity index (χ4n) is 2.94. The van der Waals surface area contributed by atoms with Crippen molar-refractivity contribution in [2.45, 2.75) is 71.9 Å². The van der Waals surface area contributed by atoms with Crippen molar-refractivity contribution in [3.8, 4) is 0 Å². The number of nitrogens with one attached hydrogen (secondary N) is 1. The van der Waals surface area contributed by atoms with Crippen LogP contribution < -0.4 is 11.1 Å². The van der Waals surface area contributed by atoms with E-state index < -0.39 is 17.9 Å². The van der Waals surface area contributed by atoms with Crippen molar-refractivity contribution in [3.63, 3.8) is 0 Å². The molecule has 3 N–H and O–H groups in total. The lowest BCUT2D eigenvalue weighted by Gasteiger charge is -2.39. The normalized spacial score (nSPS) is 24.2. The Morgan fingerprint density at radius 2 is 1.81 bits per heavy atom. The van der Waals surface area contributed by atoms with E-state index in [4.69, 9.17) is 10.5 Å². The Kier molecular flexibility index (Phi) is 6.65. The molecule has 0 aromatic heterocycles. The molecule has 0 aromatic carbocycles. The molecule has 0 radical (unpaired) electrons. The highest BCUT2D eigenvalue weighted by Crippen LogP contribution is 2.40. The van der Waals surface area contributed by atoms with Gasteiger partial charge in [-0.15, -0.1) is 0 Å². The van der Waals surface area contributed by atoms with Crippen molar-refractivity contribution < 1.29 is 14.3 Å². The number of amides is 1. The van der Waals surface area contributed by atoms with Crippen molar-refractivity contribution >= 4 is 11.9 Å². The maximum Gasteiger partial charge on any atom is 0.332 e. The highest BCUT2D eigenvalue weighted by Gasteiger charge is 2.33. The van der Waals surface area contributed by atoms with Gasteiger partial charge in [-0.2, -0.15) is 0 Å². The Hall–Kier alpha value is -1.10. The molecule has 122 valence electrons. The van der Waals surface area contributed by atoms with Crippen molar-refractivity contribution in [1.29, 1.82) is 0 Å². The summed E-state index contributed by atoms with van der Waals surface area (Å²) in [5.74, 6) is -0.378. The van der Waals surface area contributed by atoms with Crippen LogP contribution in [0, 0.1) is 11.3 Å². The summed E-state index contributed by atoms with van der Waals surface area (Å²) in [4.78, 5) is 23.4. The average Bonchev–Trinajstić information content (AvgIpc) is 2.47. The minimum absolute atomic E-state index is 0.127. The second-order valence-electron chi connectivity index (χ2n) is 6.63. The molecule has 1 unspecified atom stereocenters. The Morgan fingerprint density at radius 1 is 1.24 bits per heavy atom. The van der Waals surface area contributed by atoms with Crippen molar-refractivity contribution in [1.82, 2.24) is 5.32 Å². The quantitative estimate of drug-likeness (QED) is 0.580. The standard InChI is InChI=1S/C16H30N2O3/c1-5-16(3,4)11-7-9-12(10-8-11)18-14(19)13(17)15(20)21-6-2/h11-13H,5-10,17H2,1-4H3,(H,18,19). The van der Waals surface area contributed by atoms with Crippen molar-refractivity contribution in [2.24, 2.45) is 17.1 Å². The smallest absolute Gasteiger partial charge is 0.332 e. The maximum atomic E-state index is 11.9. The van der Waals surface area contributed by atoms with Crippen molar-refractivity contribution in [2.75, 3.05) is 6.61 Å². The first kappa shape index (κ1) is 18.0. The third kappa shape index (κ3) is 4.99. The first-order chi connectivity index (χ1) is 9.81. The number of hydrogen-bond acceptors (Lipinski definition) is 4. The number of carbonyl (C=O) groups excluding carboxylic acids is 2. The molecule has 1 atom stereocenters. The second kappa shape index (κ2) is 7.78. The molecule has 0 heterocycles. The Balaban J connectivity index is 2.42. The minimum Gasteiger partial charge on any atom is -0.464 e. The van der Waals surface area contributed by atoms with Crippen LogP contribution in [-0.4, -0.2) is 30.6 Å². The molecule has 5 heteroatoms. The second-order valence-corrected chi connectivity index (χ2v) is 6.63. The van der Waals surface area contributed by atoms with Gasteiger partial charge in [-0.05, 0) is 43.9 Å². The van der Waals surface area contributed by atoms with Gasteiger partial charge in [0.15, 0.2) is 6.04 Å². The van der Waals surface area contributed by atoms with Gasteiger partial charge in [0.05, 0.1) is 6.61 Å². The Morgan fingerprint density at radius 3 is 2.29 bits per heavy atom. The van der Waals surface area contributed by atoms with Gasteiger partial charge in [0.25, 0.3) is 0 Å². The molecule has 0 saturated heterocycles. The topological polar surface area (TPSA) is 81.4 Å². The van der Waals surface area contributed by atoms with Gasteiger partial charge in [0, 0.05) is 6.04 Å². The lowest BCUT2D eigenvalue weighted by Crippen LogP contribution is -2.51. The third-order valence-corrected chi connectivity index (χ3v) is 4.91. The maximum absolute atomic E-state index is 11.9. The van der Waals surface area contributed by atoms with Crippen molar-refractivity contribution in [3.05, 3.63) is 0 Å². The highest BCUT2D eigenvalue weighted by molar-refractivity contribution is 6.01. The molecule has 0 bridgehead atoms. The van der Waals surface area contributed by atoms with Crippen LogP contribution in [0.15, 0.2) is 0 Å². The molecule has 1 fully saturated rings. The van der Waals surface area contributed by atoms with E-state index in [1.807, 2.05) is 0 Å². The van der Waals surface area contributed by atoms with Gasteiger partial charge in [-0.3, -0.25) is 4.79 Å². The van der Waals surface area contributed by atoms with E-state index in [1.165, 1.54) is 6.42 Å². The summed E-state index contributed by atoms with van der Waals surface area (Å²) >= 11 is 0. The lowest BCUT2D eigenvalue weighted by atomic mass is 9.69. The molecule has 1 rings (SSSR count). The first-order valence-electron chi connectivity index (χ1n) is 8.04. The molecule has 1 amide bonds. The van der Waals surface area contributed by atoms with E-state index in [0.717, 1.165) is 25.7 Å². The van der Waals surface area contributed by atoms with Crippen LogP contribution in [0.25, 0.3) is 0 Å².